The number of hydrogen-bond acceptors (Lipinski definition) is 16. The van der Waals surface area contributed by atoms with Crippen LogP contribution in [-0.2, 0) is 56.1 Å². The Kier molecular flexibility index (Phi) is 31.3. The molecule has 33 heteroatoms. The summed E-state index contributed by atoms with van der Waals surface area (Å²) in [6, 6.07) is 81.9. The van der Waals surface area contributed by atoms with Crippen molar-refractivity contribution in [2.75, 3.05) is 26.6 Å². The van der Waals surface area contributed by atoms with Crippen LogP contribution >= 0.6 is 46.4 Å². The maximum Gasteiger partial charge on any atom is 0.296 e. The first kappa shape index (κ1) is 98.2. The summed E-state index contributed by atoms with van der Waals surface area (Å²) in [7, 11) is 0. The number of aromatic nitrogens is 10. The third-order valence-corrected chi connectivity index (χ3v) is 23.5. The van der Waals surface area contributed by atoms with E-state index in [4.69, 9.17) is 46.4 Å². The zero-order chi connectivity index (χ0) is 100. The number of fused-ring (bicyclic) bond motifs is 5. The Balaban J connectivity index is 0.000000128. The Morgan fingerprint density at radius 1 is 0.294 bits per heavy atom. The third-order valence-electron chi connectivity index (χ3n) is 22.4. The number of nitrogens with zero attached hydrogens (tertiary/aromatic N) is 10. The Morgan fingerprint density at radius 2 is 0.622 bits per heavy atom. The number of rotatable bonds is 24. The summed E-state index contributed by atoms with van der Waals surface area (Å²) in [5.41, 5.74) is 14.8. The molecule has 0 radical (unpaired) electrons. The van der Waals surface area contributed by atoms with Gasteiger partial charge in [-0.1, -0.05) is 143 Å². The number of aliphatic hydroxyl groups excluding tert-OH is 1. The predicted molar refractivity (Wildman–Crippen MR) is 542 cm³/mol. The van der Waals surface area contributed by atoms with Gasteiger partial charge in [-0.05, 0) is 210 Å². The van der Waals surface area contributed by atoms with Gasteiger partial charge in [0, 0.05) is 150 Å². The Labute approximate surface area is 832 Å². The third kappa shape index (κ3) is 24.4. The lowest BCUT2D eigenvalue weighted by molar-refractivity contribution is -0.113. The van der Waals surface area contributed by atoms with Crippen LogP contribution < -0.4 is 37.2 Å². The van der Waals surface area contributed by atoms with Crippen molar-refractivity contribution in [1.82, 2.24) is 46.9 Å². The van der Waals surface area contributed by atoms with Crippen LogP contribution in [-0.4, -0.2) is 105 Å². The van der Waals surface area contributed by atoms with E-state index in [0.717, 1.165) is 61.8 Å². The molecule has 0 aliphatic carbocycles. The van der Waals surface area contributed by atoms with E-state index in [1.54, 1.807) is 192 Å². The number of benzene rings is 5. The van der Waals surface area contributed by atoms with Crippen molar-refractivity contribution in [3.63, 3.8) is 0 Å². The van der Waals surface area contributed by atoms with Gasteiger partial charge in [0.2, 0.25) is 0 Å². The number of hydrogen-bond donors (Lipinski definition) is 6. The van der Waals surface area contributed by atoms with Crippen LogP contribution in [0.4, 0.5) is 41.6 Å². The molecule has 0 unspecified atom stereocenters. The van der Waals surface area contributed by atoms with Crippen LogP contribution in [0.15, 0.2) is 383 Å². The second kappa shape index (κ2) is 45.6. The fourth-order valence-electron chi connectivity index (χ4n) is 15.6. The fourth-order valence-corrected chi connectivity index (χ4v) is 16.4. The summed E-state index contributed by atoms with van der Waals surface area (Å²) < 4.78 is 48.8. The molecule has 0 aliphatic heterocycles. The van der Waals surface area contributed by atoms with E-state index in [1.165, 1.54) is 85.6 Å². The van der Waals surface area contributed by atoms with E-state index in [0.29, 0.717) is 98.1 Å². The lowest BCUT2D eigenvalue weighted by Crippen LogP contribution is -2.23. The van der Waals surface area contributed by atoms with Crippen LogP contribution in [0.5, 0.6) is 0 Å². The molecule has 0 atom stereocenters. The summed E-state index contributed by atoms with van der Waals surface area (Å²) in [5.74, 6) is -7.78. The van der Waals surface area contributed by atoms with Crippen molar-refractivity contribution < 1.29 is 61.4 Å². The fraction of sp³-hybridized carbons (Fsp3) is 0.0455. The number of amides is 5. The molecule has 20 aromatic rings. The number of aliphatic hydroxyl groups is 1. The molecule has 0 bridgehead atoms. The molecule has 0 fully saturated rings. The highest BCUT2D eigenvalue weighted by atomic mass is 35.5. The molecule has 5 amide bonds. The normalized spacial score (nSPS) is 11.0. The lowest BCUT2D eigenvalue weighted by atomic mass is 10.1. The summed E-state index contributed by atoms with van der Waals surface area (Å²) >= 11 is 24.1. The SMILES string of the molecule is O=C(Nc1c(Cl)ccnc1Cl)C(=O)c1cc(Cc2ccc(F)cc2)n2ccccc12.O=C(Nc1cccnc1)C(=O)c1cc(Cc2ccc(Cl)cc2)n2ccccc12.O=C(Nc1cccnc1)C(=O)c1cc(Cc2ccc(F)cc2)n2ccc(Cl)cc12.O=C(Nc1cccnc1)C(=O)c1cc(Cc2ccccc2)n2ccccc12.O=C(Nc1cccnc1)C(O)=c1cc(Cc2ccc(F)cc2)n2ccc(=O)cc12. The smallest absolute Gasteiger partial charge is 0.296 e. The van der Waals surface area contributed by atoms with E-state index < -0.39 is 58.4 Å². The van der Waals surface area contributed by atoms with Gasteiger partial charge in [-0.15, -0.1) is 0 Å². The highest BCUT2D eigenvalue weighted by Gasteiger charge is 2.29. The van der Waals surface area contributed by atoms with Gasteiger partial charge in [-0.25, -0.2) is 18.2 Å². The van der Waals surface area contributed by atoms with Gasteiger partial charge in [0.05, 0.1) is 108 Å². The van der Waals surface area contributed by atoms with Gasteiger partial charge < -0.3 is 53.7 Å². The zero-order valence-electron chi connectivity index (χ0n) is 75.0. The highest BCUT2D eigenvalue weighted by molar-refractivity contribution is 6.51. The van der Waals surface area contributed by atoms with E-state index in [9.17, 15) is 66.2 Å². The first-order chi connectivity index (χ1) is 69.3. The molecule has 708 valence electrons. The second-order valence-electron chi connectivity index (χ2n) is 32.1. The summed E-state index contributed by atoms with van der Waals surface area (Å²) in [6.07, 6.45) is 25.2. The number of anilines is 5. The van der Waals surface area contributed by atoms with Gasteiger partial charge in [0.15, 0.2) is 16.3 Å². The lowest BCUT2D eigenvalue weighted by Gasteiger charge is -2.07. The predicted octanol–water partition coefficient (Wildman–Crippen LogP) is 20.3. The number of pyridine rings is 10. The van der Waals surface area contributed by atoms with Gasteiger partial charge in [-0.3, -0.25) is 67.9 Å². The molecule has 15 aromatic heterocycles. The van der Waals surface area contributed by atoms with Crippen molar-refractivity contribution in [3.8, 4) is 0 Å². The molecule has 6 N–H and O–H groups in total. The standard InChI is InChI=1S/C22H14Cl2FN3O2.C22H15ClFN3O2.C22H16ClN3O2.C22H16FN3O3.C22H17N3O2/c23-17-8-9-26-21(24)19(17)27-22(30)20(29)16-12-15(28-10-2-1-3-18(16)28)11-13-4-6-14(25)7-5-13;23-15-7-9-27-18(10-14-3-5-16(24)6-4-14)12-19(20(27)11-15)21(28)22(29)26-17-2-1-8-25-13-17;23-16-8-6-15(7-9-16)12-18-13-19(20-5-1-2-11-26(18)20)21(27)22(28)25-17-4-3-10-24-14-17;23-15-5-3-14(4-6-15)10-17-11-19(20-12-18(27)7-9-26(17)20)21(28)22(29)25-16-2-1-8-24-13-16;26-21(22(27)24-17-9-6-11-23-15-17)19-14-18(13-16-7-2-1-3-8-16)25-12-5-4-10-20(19)25/h1-10,12H,11H2,(H,27,30);1-9,11-13H,10H2,(H,26,29);1-11,13-14H,12H2,(H,25,28);1-9,11-13,28H,10H2,(H,25,29);1-12,14-15H,13H2,(H,24,27). The van der Waals surface area contributed by atoms with E-state index in [2.05, 4.69) is 51.5 Å². The minimum Gasteiger partial charge on any atom is -0.503 e. The van der Waals surface area contributed by atoms with E-state index >= 15 is 0 Å². The molecule has 0 aliphatic rings. The number of carbonyl (C=O) groups is 9. The van der Waals surface area contributed by atoms with Gasteiger partial charge in [0.1, 0.15) is 17.5 Å². The van der Waals surface area contributed by atoms with Crippen LogP contribution in [0.3, 0.4) is 0 Å². The number of carbonyl (C=O) groups excluding carboxylic acids is 9. The molecular weight excluding hydrogens is 1910 g/mol. The van der Waals surface area contributed by atoms with Gasteiger partial charge in [0.25, 0.3) is 52.7 Å². The van der Waals surface area contributed by atoms with Crippen molar-refractivity contribution in [2.24, 2.45) is 0 Å². The average Bonchev–Trinajstić information content (AvgIpc) is 1.66. The second-order valence-corrected chi connectivity index (χ2v) is 33.7. The monoisotopic (exact) mass is 1980 g/mol. The molecule has 0 saturated heterocycles. The van der Waals surface area contributed by atoms with Crippen molar-refractivity contribution in [2.45, 2.75) is 32.1 Å². The maximum atomic E-state index is 13.2. The number of nitrogens with one attached hydrogen (secondary N) is 5. The molecule has 20 rings (SSSR count). The summed E-state index contributed by atoms with van der Waals surface area (Å²) in [5, 5.41) is 24.9. The largest absolute Gasteiger partial charge is 0.503 e. The first-order valence-corrected chi connectivity index (χ1v) is 45.4. The van der Waals surface area contributed by atoms with Gasteiger partial charge >= 0.3 is 0 Å². The van der Waals surface area contributed by atoms with Crippen LogP contribution in [0.1, 0.15) is 97.7 Å². The van der Waals surface area contributed by atoms with Crippen molar-refractivity contribution in [3.05, 3.63) is 510 Å². The van der Waals surface area contributed by atoms with Crippen LogP contribution in [0.2, 0.25) is 20.2 Å². The number of Topliss-reactive ketones (excluding diaryl/α,β-unsaturated/α-hetero) is 4. The number of ketones is 4. The van der Waals surface area contributed by atoms with Gasteiger partial charge in [-0.2, -0.15) is 0 Å². The first-order valence-electron chi connectivity index (χ1n) is 43.9. The van der Waals surface area contributed by atoms with Crippen molar-refractivity contribution in [1.29, 1.82) is 0 Å². The Bertz CT molecular complexity index is 8260. The molecule has 15 heterocycles. The van der Waals surface area contributed by atoms with Crippen LogP contribution in [0.25, 0.3) is 33.3 Å². The maximum absolute atomic E-state index is 13.2. The molecule has 0 spiro atoms. The quantitative estimate of drug-likeness (QED) is 0.0186. The molecule has 0 saturated carbocycles. The Morgan fingerprint density at radius 3 is 1.00 bits per heavy atom. The molecule has 5 aromatic carbocycles. The van der Waals surface area contributed by atoms with Crippen LogP contribution in [0, 0.1) is 17.5 Å². The minimum atomic E-state index is -0.878. The Hall–Kier alpha value is -17.9. The minimum absolute atomic E-state index is 0.0117. The van der Waals surface area contributed by atoms with E-state index in [1.807, 2.05) is 123 Å². The summed E-state index contributed by atoms with van der Waals surface area (Å²) in [4.78, 5) is 145. The highest BCUT2D eigenvalue weighted by Crippen LogP contribution is 2.32. The van der Waals surface area contributed by atoms with E-state index in [-0.39, 0.29) is 55.1 Å². The molecule has 143 heavy (non-hydrogen) atoms. The van der Waals surface area contributed by atoms with Crippen molar-refractivity contribution >= 4 is 161 Å². The summed E-state index contributed by atoms with van der Waals surface area (Å²) in [6.45, 7) is 0. The molecular formula is C110H78Cl4F3N15O11. The zero-order valence-corrected chi connectivity index (χ0v) is 78.0. The number of halogens is 7. The average molecular weight is 1980 g/mol. The molecule has 26 nitrogen and oxygen atoms in total. The topological polar surface area (TPSA) is 338 Å².